The molecule has 1 saturated heterocycles. The summed E-state index contributed by atoms with van der Waals surface area (Å²) in [4.78, 5) is 54.8. The number of benzene rings is 1. The summed E-state index contributed by atoms with van der Waals surface area (Å²) in [5, 5.41) is 3.02. The number of rotatable bonds is 5. The normalized spacial score (nSPS) is 17.9. The second-order valence-electron chi connectivity index (χ2n) is 7.42. The van der Waals surface area contributed by atoms with Gasteiger partial charge in [0.1, 0.15) is 6.04 Å². The topological polar surface area (TPSA) is 90.0 Å². The number of hydrogen-bond donors (Lipinski definition) is 1. The lowest BCUT2D eigenvalue weighted by atomic mass is 10.0. The number of carbonyl (C=O) groups excluding carboxylic acids is 4. The Hall–Kier alpha value is -2.90. The standard InChI is InChI=1S/C21H28N4O4/c1-4-23(5-2)21(29)22-15-10-12-24(13-11-15)18(26)14(3)25-19(27)16-8-6-7-9-17(16)20(25)28/h6-9,14-15H,4-5,10-13H2,1-3H3,(H,22,29). The number of nitrogens with one attached hydrogen (secondary N) is 1. The van der Waals surface area contributed by atoms with Crippen LogP contribution < -0.4 is 5.32 Å². The van der Waals surface area contributed by atoms with Crippen LogP contribution in [0.5, 0.6) is 0 Å². The van der Waals surface area contributed by atoms with Crippen LogP contribution in [0.2, 0.25) is 0 Å². The Morgan fingerprint density at radius 2 is 1.59 bits per heavy atom. The molecule has 2 aliphatic heterocycles. The zero-order valence-electron chi connectivity index (χ0n) is 17.2. The minimum Gasteiger partial charge on any atom is -0.341 e. The van der Waals surface area contributed by atoms with Crippen LogP contribution in [0.1, 0.15) is 54.3 Å². The van der Waals surface area contributed by atoms with Gasteiger partial charge in [0, 0.05) is 32.2 Å². The van der Waals surface area contributed by atoms with Gasteiger partial charge in [0.05, 0.1) is 11.1 Å². The molecule has 1 unspecified atom stereocenters. The van der Waals surface area contributed by atoms with Gasteiger partial charge in [-0.05, 0) is 45.7 Å². The highest BCUT2D eigenvalue weighted by atomic mass is 16.2. The number of hydrogen-bond acceptors (Lipinski definition) is 4. The SMILES string of the molecule is CCN(CC)C(=O)NC1CCN(C(=O)C(C)N2C(=O)c3ccccc3C2=O)CC1. The average Bonchev–Trinajstić information content (AvgIpc) is 2.99. The number of amides is 5. The molecule has 1 N–H and O–H groups in total. The first-order valence-electron chi connectivity index (χ1n) is 10.2. The van der Waals surface area contributed by atoms with Crippen molar-refractivity contribution >= 4 is 23.8 Å². The predicted molar refractivity (Wildman–Crippen MR) is 107 cm³/mol. The van der Waals surface area contributed by atoms with Crippen molar-refractivity contribution < 1.29 is 19.2 Å². The summed E-state index contributed by atoms with van der Waals surface area (Å²) in [5.74, 6) is -1.09. The summed E-state index contributed by atoms with van der Waals surface area (Å²) in [7, 11) is 0. The first kappa shape index (κ1) is 20.8. The maximum Gasteiger partial charge on any atom is 0.317 e. The van der Waals surface area contributed by atoms with Crippen molar-refractivity contribution in [2.45, 2.75) is 45.7 Å². The van der Waals surface area contributed by atoms with Crippen molar-refractivity contribution in [1.82, 2.24) is 20.0 Å². The summed E-state index contributed by atoms with van der Waals surface area (Å²) in [5.41, 5.74) is 0.685. The molecular weight excluding hydrogens is 372 g/mol. The first-order chi connectivity index (χ1) is 13.9. The van der Waals surface area contributed by atoms with E-state index in [1.54, 1.807) is 41.0 Å². The van der Waals surface area contributed by atoms with Crippen molar-refractivity contribution in [3.63, 3.8) is 0 Å². The summed E-state index contributed by atoms with van der Waals surface area (Å²) in [6.45, 7) is 7.73. The third-order valence-electron chi connectivity index (χ3n) is 5.76. The Labute approximate surface area is 170 Å². The van der Waals surface area contributed by atoms with Crippen LogP contribution in [0.25, 0.3) is 0 Å². The third-order valence-corrected chi connectivity index (χ3v) is 5.76. The highest BCUT2D eigenvalue weighted by molar-refractivity contribution is 6.22. The first-order valence-corrected chi connectivity index (χ1v) is 10.2. The van der Waals surface area contributed by atoms with Gasteiger partial charge in [0.2, 0.25) is 5.91 Å². The molecule has 0 radical (unpaired) electrons. The molecule has 0 bridgehead atoms. The van der Waals surface area contributed by atoms with Gasteiger partial charge in [-0.15, -0.1) is 0 Å². The van der Waals surface area contributed by atoms with Gasteiger partial charge in [0.15, 0.2) is 0 Å². The summed E-state index contributed by atoms with van der Waals surface area (Å²) < 4.78 is 0. The molecule has 0 saturated carbocycles. The second-order valence-corrected chi connectivity index (χ2v) is 7.42. The monoisotopic (exact) mass is 400 g/mol. The van der Waals surface area contributed by atoms with Crippen LogP contribution in [0.4, 0.5) is 4.79 Å². The zero-order valence-corrected chi connectivity index (χ0v) is 17.2. The van der Waals surface area contributed by atoms with Gasteiger partial charge in [-0.25, -0.2) is 4.79 Å². The smallest absolute Gasteiger partial charge is 0.317 e. The van der Waals surface area contributed by atoms with Gasteiger partial charge in [0.25, 0.3) is 11.8 Å². The quantitative estimate of drug-likeness (QED) is 0.762. The number of urea groups is 1. The molecule has 2 aliphatic rings. The molecule has 2 heterocycles. The van der Waals surface area contributed by atoms with E-state index < -0.39 is 17.9 Å². The van der Waals surface area contributed by atoms with E-state index in [2.05, 4.69) is 5.32 Å². The van der Waals surface area contributed by atoms with Crippen LogP contribution in [-0.4, -0.2) is 76.7 Å². The number of piperidine rings is 1. The maximum absolute atomic E-state index is 12.9. The molecule has 8 heteroatoms. The lowest BCUT2D eigenvalue weighted by Crippen LogP contribution is -2.54. The summed E-state index contributed by atoms with van der Waals surface area (Å²) in [6.07, 6.45) is 1.29. The fourth-order valence-electron chi connectivity index (χ4n) is 3.96. The van der Waals surface area contributed by atoms with Crippen molar-refractivity contribution in [2.75, 3.05) is 26.2 Å². The van der Waals surface area contributed by atoms with Crippen LogP contribution in [0, 0.1) is 0 Å². The predicted octanol–water partition coefficient (Wildman–Crippen LogP) is 1.71. The summed E-state index contributed by atoms with van der Waals surface area (Å²) >= 11 is 0. The van der Waals surface area contributed by atoms with Crippen LogP contribution in [-0.2, 0) is 4.79 Å². The number of carbonyl (C=O) groups is 4. The molecular formula is C21H28N4O4. The van der Waals surface area contributed by atoms with Gasteiger partial charge in [-0.1, -0.05) is 12.1 Å². The third kappa shape index (κ3) is 3.97. The van der Waals surface area contributed by atoms with E-state index in [0.29, 0.717) is 50.1 Å². The molecule has 29 heavy (non-hydrogen) atoms. The van der Waals surface area contributed by atoms with E-state index in [0.717, 1.165) is 4.90 Å². The van der Waals surface area contributed by atoms with E-state index >= 15 is 0 Å². The van der Waals surface area contributed by atoms with E-state index in [4.69, 9.17) is 0 Å². The molecule has 1 aromatic rings. The molecule has 8 nitrogen and oxygen atoms in total. The zero-order chi connectivity index (χ0) is 21.1. The molecule has 0 aliphatic carbocycles. The van der Waals surface area contributed by atoms with E-state index in [-0.39, 0.29) is 18.0 Å². The molecule has 1 aromatic carbocycles. The fraction of sp³-hybridized carbons (Fsp3) is 0.524. The highest BCUT2D eigenvalue weighted by Gasteiger charge is 2.42. The second kappa shape index (κ2) is 8.63. The van der Waals surface area contributed by atoms with Crippen LogP contribution in [0.3, 0.4) is 0 Å². The van der Waals surface area contributed by atoms with E-state index in [9.17, 15) is 19.2 Å². The highest BCUT2D eigenvalue weighted by Crippen LogP contribution is 2.25. The van der Waals surface area contributed by atoms with Crippen molar-refractivity contribution in [3.8, 4) is 0 Å². The Morgan fingerprint density at radius 3 is 2.07 bits per heavy atom. The Morgan fingerprint density at radius 1 is 1.07 bits per heavy atom. The van der Waals surface area contributed by atoms with Gasteiger partial charge in [-0.3, -0.25) is 19.3 Å². The number of fused-ring (bicyclic) bond motifs is 1. The van der Waals surface area contributed by atoms with E-state index in [1.165, 1.54) is 0 Å². The Kier molecular flexibility index (Phi) is 6.20. The molecule has 1 fully saturated rings. The minimum atomic E-state index is -0.857. The largest absolute Gasteiger partial charge is 0.341 e. The van der Waals surface area contributed by atoms with Crippen LogP contribution in [0.15, 0.2) is 24.3 Å². The van der Waals surface area contributed by atoms with Gasteiger partial charge in [-0.2, -0.15) is 0 Å². The molecule has 0 spiro atoms. The summed E-state index contributed by atoms with van der Waals surface area (Å²) in [6, 6.07) is 5.70. The fourth-order valence-corrected chi connectivity index (χ4v) is 3.96. The maximum atomic E-state index is 12.9. The lowest BCUT2D eigenvalue weighted by molar-refractivity contribution is -0.136. The number of imide groups is 1. The molecule has 5 amide bonds. The van der Waals surface area contributed by atoms with Gasteiger partial charge >= 0.3 is 6.03 Å². The molecule has 0 aromatic heterocycles. The van der Waals surface area contributed by atoms with E-state index in [1.807, 2.05) is 13.8 Å². The molecule has 1 atom stereocenters. The lowest BCUT2D eigenvalue weighted by Gasteiger charge is -2.36. The molecule has 3 rings (SSSR count). The van der Waals surface area contributed by atoms with Crippen molar-refractivity contribution in [3.05, 3.63) is 35.4 Å². The van der Waals surface area contributed by atoms with Gasteiger partial charge < -0.3 is 15.1 Å². The molecule has 156 valence electrons. The minimum absolute atomic E-state index is 0.0155. The Bertz CT molecular complexity index is 778. The number of likely N-dealkylation sites (tertiary alicyclic amines) is 1. The van der Waals surface area contributed by atoms with Crippen molar-refractivity contribution in [1.29, 1.82) is 0 Å². The van der Waals surface area contributed by atoms with Crippen LogP contribution >= 0.6 is 0 Å². The number of nitrogens with zero attached hydrogens (tertiary/aromatic N) is 3. The average molecular weight is 400 g/mol. The van der Waals surface area contributed by atoms with Crippen molar-refractivity contribution in [2.24, 2.45) is 0 Å². The Balaban J connectivity index is 1.58.